The number of carbonyl (C=O) groups is 2. The van der Waals surface area contributed by atoms with E-state index in [1.54, 1.807) is 6.07 Å². The predicted octanol–water partition coefficient (Wildman–Crippen LogP) is 6.82. The number of anilines is 2. The van der Waals surface area contributed by atoms with Crippen molar-refractivity contribution in [3.63, 3.8) is 0 Å². The average Bonchev–Trinajstić information content (AvgIpc) is 3.76. The van der Waals surface area contributed by atoms with Crippen LogP contribution in [0, 0.1) is 0 Å². The van der Waals surface area contributed by atoms with Crippen LogP contribution in [-0.2, 0) is 4.79 Å². The third kappa shape index (κ3) is 9.16. The Morgan fingerprint density at radius 2 is 1.65 bits per heavy atom. The molecule has 0 spiro atoms. The molecule has 1 fully saturated rings. The van der Waals surface area contributed by atoms with Crippen LogP contribution in [0.5, 0.6) is 0 Å². The van der Waals surface area contributed by atoms with Gasteiger partial charge < -0.3 is 30.3 Å². The molecule has 1 unspecified atom stereocenters. The van der Waals surface area contributed by atoms with E-state index in [0.717, 1.165) is 60.0 Å². The highest BCUT2D eigenvalue weighted by atomic mass is 16.5. The first-order valence-electron chi connectivity index (χ1n) is 16.9. The van der Waals surface area contributed by atoms with Crippen molar-refractivity contribution in [1.29, 1.82) is 0 Å². The number of piperazine rings is 1. The molecular weight excluding hydrogens is 602 g/mol. The number of fused-ring (bicyclic) bond motifs is 1. The maximum atomic E-state index is 13.0. The van der Waals surface area contributed by atoms with Crippen LogP contribution in [0.2, 0.25) is 0 Å². The van der Waals surface area contributed by atoms with Gasteiger partial charge in [0.25, 0.3) is 5.91 Å². The maximum absolute atomic E-state index is 13.0. The fraction of sp³-hybridized carbons (Fsp3) is 0.395. The Kier molecular flexibility index (Phi) is 13.0. The summed E-state index contributed by atoms with van der Waals surface area (Å²) in [6, 6.07) is 18.7. The monoisotopic (exact) mass is 653 g/mol. The van der Waals surface area contributed by atoms with Crippen molar-refractivity contribution in [1.82, 2.24) is 25.2 Å². The van der Waals surface area contributed by atoms with Gasteiger partial charge in [0.2, 0.25) is 6.41 Å². The van der Waals surface area contributed by atoms with E-state index in [9.17, 15) is 9.59 Å². The highest BCUT2D eigenvalue weighted by molar-refractivity contribution is 5.95. The number of nitrogens with zero attached hydrogens (tertiary/aromatic N) is 4. The smallest absolute Gasteiger partial charge is 0.253 e. The van der Waals surface area contributed by atoms with Crippen molar-refractivity contribution in [3.8, 4) is 0 Å². The number of aromatic nitrogens is 1. The van der Waals surface area contributed by atoms with Crippen LogP contribution in [0.15, 0.2) is 83.7 Å². The number of benzene rings is 2. The topological polar surface area (TPSA) is 106 Å². The first-order chi connectivity index (χ1) is 23.2. The largest absolute Gasteiger partial charge is 0.388 e. The number of carbonyl (C=O) groups excluding carboxylic acids is 2. The molecule has 10 heteroatoms. The molecule has 0 aliphatic carbocycles. The molecule has 4 heterocycles. The van der Waals surface area contributed by atoms with Gasteiger partial charge in [0, 0.05) is 74.9 Å². The van der Waals surface area contributed by atoms with Gasteiger partial charge in [0.15, 0.2) is 5.82 Å². The maximum Gasteiger partial charge on any atom is 0.253 e. The second kappa shape index (κ2) is 17.4. The van der Waals surface area contributed by atoms with Gasteiger partial charge in [-0.3, -0.25) is 14.5 Å². The van der Waals surface area contributed by atoms with Gasteiger partial charge in [-0.05, 0) is 67.0 Å². The molecule has 1 aromatic heterocycles. The van der Waals surface area contributed by atoms with Crippen LogP contribution in [0.4, 0.5) is 11.5 Å². The minimum Gasteiger partial charge on any atom is -0.388 e. The van der Waals surface area contributed by atoms with E-state index in [1.165, 1.54) is 12.0 Å². The Balaban J connectivity index is 0.000000312. The summed E-state index contributed by atoms with van der Waals surface area (Å²) in [4.78, 5) is 29.6. The van der Waals surface area contributed by atoms with Gasteiger partial charge in [-0.2, -0.15) is 0 Å². The third-order valence-electron chi connectivity index (χ3n) is 8.29. The molecule has 10 nitrogen and oxygen atoms in total. The van der Waals surface area contributed by atoms with Crippen LogP contribution in [0.3, 0.4) is 0 Å². The molecule has 3 N–H and O–H groups in total. The molecule has 3 aromatic rings. The molecule has 3 aliphatic heterocycles. The lowest BCUT2D eigenvalue weighted by Crippen LogP contribution is -2.50. The summed E-state index contributed by atoms with van der Waals surface area (Å²) in [7, 11) is 1.93. The van der Waals surface area contributed by atoms with Crippen LogP contribution in [-0.4, -0.2) is 77.6 Å². The van der Waals surface area contributed by atoms with E-state index < -0.39 is 0 Å². The predicted molar refractivity (Wildman–Crippen MR) is 195 cm³/mol. The van der Waals surface area contributed by atoms with Crippen molar-refractivity contribution >= 4 is 35.1 Å². The van der Waals surface area contributed by atoms with Crippen molar-refractivity contribution in [2.75, 3.05) is 43.9 Å². The lowest BCUT2D eigenvalue weighted by molar-refractivity contribution is -0.105. The fourth-order valence-corrected chi connectivity index (χ4v) is 5.51. The average molecular weight is 654 g/mol. The Morgan fingerprint density at radius 1 is 1.00 bits per heavy atom. The van der Waals surface area contributed by atoms with Gasteiger partial charge in [-0.15, -0.1) is 0 Å². The van der Waals surface area contributed by atoms with E-state index in [2.05, 4.69) is 120 Å². The Bertz CT molecular complexity index is 1560. The number of hydrogen-bond donors (Lipinski definition) is 3. The van der Waals surface area contributed by atoms with Crippen LogP contribution >= 0.6 is 0 Å². The second-order valence-corrected chi connectivity index (χ2v) is 12.6. The lowest BCUT2D eigenvalue weighted by atomic mass is 10.0. The molecule has 3 aliphatic rings. The molecular formula is C38H51N7O3. The van der Waals surface area contributed by atoms with E-state index in [-0.39, 0.29) is 12.1 Å². The molecule has 48 heavy (non-hydrogen) atoms. The van der Waals surface area contributed by atoms with E-state index in [1.807, 2.05) is 37.9 Å². The van der Waals surface area contributed by atoms with Gasteiger partial charge in [0.05, 0.1) is 5.70 Å². The SMILES string of the molecule is CC(C)c1cc(NC=O)no1.CCC.CNc1ccc(C2=CNC3C=C(c4ccc(C(=O)N5CCN(C(C)C)CC5)cc4)C=CN23)cc1. The van der Waals surface area contributed by atoms with Crippen molar-refractivity contribution in [3.05, 3.63) is 102 Å². The molecule has 0 radical (unpaired) electrons. The van der Waals surface area contributed by atoms with Crippen LogP contribution in [0.25, 0.3) is 11.3 Å². The zero-order valence-corrected chi connectivity index (χ0v) is 29.4. The summed E-state index contributed by atoms with van der Waals surface area (Å²) in [6.07, 6.45) is 10.5. The molecule has 1 saturated heterocycles. The molecule has 0 saturated carbocycles. The van der Waals surface area contributed by atoms with Gasteiger partial charge in [-0.1, -0.05) is 63.5 Å². The molecule has 1 atom stereocenters. The molecule has 6 rings (SSSR count). The summed E-state index contributed by atoms with van der Waals surface area (Å²) in [5, 5.41) is 12.6. The number of rotatable bonds is 8. The standard InChI is InChI=1S/C28H33N5O.C7H10N2O2.C3H8/c1-20(2)31-14-16-32(17-15-31)28(34)23-6-4-21(5-7-23)24-12-13-33-26(19-30-27(33)18-24)22-8-10-25(29-3)11-9-22;1-5(2)6-3-7(8-4-10)9-11-6;1-3-2/h4-13,18-20,27,29-30H,14-17H2,1-3H3;3-5H,1-2H3,(H,8,9,10);3H2,1-2H3. The third-order valence-corrected chi connectivity index (χ3v) is 8.29. The van der Waals surface area contributed by atoms with Crippen LogP contribution in [0.1, 0.15) is 81.1 Å². The molecule has 256 valence electrons. The lowest BCUT2D eigenvalue weighted by Gasteiger charge is -2.37. The van der Waals surface area contributed by atoms with Crippen LogP contribution < -0.4 is 16.0 Å². The number of hydrogen-bond acceptors (Lipinski definition) is 8. The summed E-state index contributed by atoms with van der Waals surface area (Å²) in [6.45, 7) is 16.1. The minimum atomic E-state index is 0.0811. The minimum absolute atomic E-state index is 0.0811. The first kappa shape index (κ1) is 36.0. The van der Waals surface area contributed by atoms with E-state index in [0.29, 0.717) is 24.2 Å². The summed E-state index contributed by atoms with van der Waals surface area (Å²) in [5.74, 6) is 1.66. The number of amides is 2. The van der Waals surface area contributed by atoms with Gasteiger partial charge in [0.1, 0.15) is 11.9 Å². The summed E-state index contributed by atoms with van der Waals surface area (Å²) >= 11 is 0. The second-order valence-electron chi connectivity index (χ2n) is 12.6. The Morgan fingerprint density at radius 3 is 2.21 bits per heavy atom. The molecule has 2 aromatic carbocycles. The Labute approximate surface area is 285 Å². The molecule has 2 amide bonds. The fourth-order valence-electron chi connectivity index (χ4n) is 5.51. The zero-order valence-electron chi connectivity index (χ0n) is 29.4. The highest BCUT2D eigenvalue weighted by Crippen LogP contribution is 2.32. The highest BCUT2D eigenvalue weighted by Gasteiger charge is 2.27. The summed E-state index contributed by atoms with van der Waals surface area (Å²) < 4.78 is 4.91. The van der Waals surface area contributed by atoms with E-state index >= 15 is 0 Å². The van der Waals surface area contributed by atoms with E-state index in [4.69, 9.17) is 4.52 Å². The zero-order chi connectivity index (χ0) is 34.6. The quantitative estimate of drug-likeness (QED) is 0.228. The van der Waals surface area contributed by atoms with Gasteiger partial charge >= 0.3 is 0 Å². The normalized spacial score (nSPS) is 16.9. The van der Waals surface area contributed by atoms with Crippen molar-refractivity contribution in [2.45, 2.75) is 66.1 Å². The number of allylic oxidation sites excluding steroid dienone is 2. The number of nitrogens with one attached hydrogen (secondary N) is 3. The summed E-state index contributed by atoms with van der Waals surface area (Å²) in [5.41, 5.74) is 6.45. The Hall–Kier alpha value is -4.83. The van der Waals surface area contributed by atoms with Crippen molar-refractivity contribution < 1.29 is 14.1 Å². The van der Waals surface area contributed by atoms with Gasteiger partial charge in [-0.25, -0.2) is 0 Å². The first-order valence-corrected chi connectivity index (χ1v) is 16.9. The molecule has 0 bridgehead atoms. The van der Waals surface area contributed by atoms with Crippen molar-refractivity contribution in [2.24, 2.45) is 0 Å².